The molecule has 2 aliphatic rings. The number of carbonyl (C=O) groups is 2. The average molecular weight is 330 g/mol. The van der Waals surface area contributed by atoms with Gasteiger partial charge in [0.25, 0.3) is 5.91 Å². The number of anilines is 1. The van der Waals surface area contributed by atoms with Gasteiger partial charge in [0.1, 0.15) is 16.7 Å². The van der Waals surface area contributed by atoms with Gasteiger partial charge in [-0.2, -0.15) is 0 Å². The highest BCUT2D eigenvalue weighted by Gasteiger charge is 2.30. The molecule has 0 atom stereocenters. The van der Waals surface area contributed by atoms with E-state index >= 15 is 0 Å². The van der Waals surface area contributed by atoms with E-state index in [1.54, 1.807) is 17.0 Å². The summed E-state index contributed by atoms with van der Waals surface area (Å²) in [6.07, 6.45) is 5.16. The first-order valence-corrected chi connectivity index (χ1v) is 8.21. The lowest BCUT2D eigenvalue weighted by Crippen LogP contribution is -2.41. The van der Waals surface area contributed by atoms with Gasteiger partial charge in [-0.25, -0.2) is 4.98 Å². The molecule has 1 amide bonds. The van der Waals surface area contributed by atoms with E-state index in [0.29, 0.717) is 24.2 Å². The van der Waals surface area contributed by atoms with Gasteiger partial charge in [-0.3, -0.25) is 14.5 Å². The van der Waals surface area contributed by atoms with E-state index < -0.39 is 0 Å². The summed E-state index contributed by atoms with van der Waals surface area (Å²) in [7, 11) is 0. The number of carbonyl (C=O) groups excluding carboxylic acids is 2. The van der Waals surface area contributed by atoms with Gasteiger partial charge in [0.2, 0.25) is 0 Å². The lowest BCUT2D eigenvalue weighted by molar-refractivity contribution is 0.0963. The Balaban J connectivity index is 1.71. The van der Waals surface area contributed by atoms with Gasteiger partial charge < -0.3 is 4.57 Å². The Morgan fingerprint density at radius 2 is 2.00 bits per heavy atom. The van der Waals surface area contributed by atoms with Crippen LogP contribution in [0.4, 0.5) is 5.82 Å². The predicted molar refractivity (Wildman–Crippen MR) is 87.4 cm³/mol. The fraction of sp³-hybridized carbons (Fsp3) is 0.353. The number of aromatic nitrogens is 2. The van der Waals surface area contributed by atoms with Crippen molar-refractivity contribution in [2.24, 2.45) is 0 Å². The first-order chi connectivity index (χ1) is 11.2. The summed E-state index contributed by atoms with van der Waals surface area (Å²) in [5.74, 6) is 0.448. The van der Waals surface area contributed by atoms with Crippen LogP contribution < -0.4 is 4.90 Å². The maximum absolute atomic E-state index is 12.9. The second kappa shape index (κ2) is 5.49. The smallest absolute Gasteiger partial charge is 0.276 e. The maximum Gasteiger partial charge on any atom is 0.276 e. The van der Waals surface area contributed by atoms with E-state index in [0.717, 1.165) is 25.1 Å². The zero-order valence-corrected chi connectivity index (χ0v) is 13.3. The van der Waals surface area contributed by atoms with Crippen molar-refractivity contribution in [2.45, 2.75) is 32.2 Å². The number of aldehydes is 1. The SMILES string of the molecule is O=Cc1ccc(N2CCn3c(cc4c3CCCC4)C2=O)nc1Cl. The number of pyridine rings is 1. The lowest BCUT2D eigenvalue weighted by Gasteiger charge is -2.29. The van der Waals surface area contributed by atoms with Crippen molar-refractivity contribution in [3.8, 4) is 0 Å². The molecule has 23 heavy (non-hydrogen) atoms. The fourth-order valence-corrected chi connectivity index (χ4v) is 3.72. The first kappa shape index (κ1) is 14.5. The Hall–Kier alpha value is -2.14. The Kier molecular flexibility index (Phi) is 3.45. The van der Waals surface area contributed by atoms with Crippen LogP contribution in [-0.2, 0) is 19.4 Å². The first-order valence-electron chi connectivity index (χ1n) is 7.84. The number of amides is 1. The Bertz CT molecular complexity index is 812. The number of hydrogen-bond donors (Lipinski definition) is 0. The van der Waals surface area contributed by atoms with Gasteiger partial charge in [0.15, 0.2) is 6.29 Å². The highest BCUT2D eigenvalue weighted by atomic mass is 35.5. The molecule has 0 saturated carbocycles. The summed E-state index contributed by atoms with van der Waals surface area (Å²) in [6.45, 7) is 1.34. The molecule has 0 radical (unpaired) electrons. The summed E-state index contributed by atoms with van der Waals surface area (Å²) in [6, 6.07) is 5.31. The molecule has 0 unspecified atom stereocenters. The largest absolute Gasteiger partial charge is 0.339 e. The minimum atomic E-state index is -0.0481. The van der Waals surface area contributed by atoms with E-state index in [9.17, 15) is 9.59 Å². The minimum Gasteiger partial charge on any atom is -0.339 e. The van der Waals surface area contributed by atoms with Gasteiger partial charge in [0.05, 0.1) is 5.56 Å². The second-order valence-electron chi connectivity index (χ2n) is 5.98. The predicted octanol–water partition coefficient (Wildman–Crippen LogP) is 2.89. The van der Waals surface area contributed by atoms with Crippen molar-refractivity contribution < 1.29 is 9.59 Å². The van der Waals surface area contributed by atoms with Crippen LogP contribution in [0.2, 0.25) is 5.15 Å². The van der Waals surface area contributed by atoms with E-state index in [2.05, 4.69) is 9.55 Å². The van der Waals surface area contributed by atoms with E-state index in [1.165, 1.54) is 24.1 Å². The zero-order chi connectivity index (χ0) is 16.0. The monoisotopic (exact) mass is 329 g/mol. The minimum absolute atomic E-state index is 0.0481. The van der Waals surface area contributed by atoms with Gasteiger partial charge in [-0.15, -0.1) is 0 Å². The molecule has 6 heteroatoms. The molecule has 0 saturated heterocycles. The number of nitrogens with zero attached hydrogens (tertiary/aromatic N) is 3. The zero-order valence-electron chi connectivity index (χ0n) is 12.6. The van der Waals surface area contributed by atoms with Crippen LogP contribution in [-0.4, -0.2) is 28.3 Å². The van der Waals surface area contributed by atoms with Crippen LogP contribution in [0.15, 0.2) is 18.2 Å². The van der Waals surface area contributed by atoms with E-state index in [1.807, 2.05) is 6.07 Å². The molecule has 2 aromatic heterocycles. The molecule has 0 bridgehead atoms. The van der Waals surface area contributed by atoms with Gasteiger partial charge in [-0.1, -0.05) is 11.6 Å². The van der Waals surface area contributed by atoms with Crippen molar-refractivity contribution in [3.63, 3.8) is 0 Å². The summed E-state index contributed by atoms with van der Waals surface area (Å²) >= 11 is 5.99. The van der Waals surface area contributed by atoms with Crippen LogP contribution in [0.3, 0.4) is 0 Å². The fourth-order valence-electron chi connectivity index (χ4n) is 3.53. The highest BCUT2D eigenvalue weighted by molar-refractivity contribution is 6.31. The van der Waals surface area contributed by atoms with Crippen molar-refractivity contribution in [3.05, 3.63) is 45.9 Å². The summed E-state index contributed by atoms with van der Waals surface area (Å²) in [5, 5.41) is 0.130. The van der Waals surface area contributed by atoms with Crippen LogP contribution >= 0.6 is 11.6 Å². The summed E-state index contributed by atoms with van der Waals surface area (Å²) in [5.41, 5.74) is 3.70. The lowest BCUT2D eigenvalue weighted by atomic mass is 9.98. The third-order valence-electron chi connectivity index (χ3n) is 4.69. The highest BCUT2D eigenvalue weighted by Crippen LogP contribution is 2.29. The normalized spacial score (nSPS) is 16.9. The number of rotatable bonds is 2. The Morgan fingerprint density at radius 1 is 1.17 bits per heavy atom. The topological polar surface area (TPSA) is 55.2 Å². The number of aryl methyl sites for hydroxylation is 1. The van der Waals surface area contributed by atoms with Gasteiger partial charge >= 0.3 is 0 Å². The van der Waals surface area contributed by atoms with Crippen LogP contribution in [0.1, 0.15) is 44.9 Å². The van der Waals surface area contributed by atoms with E-state index in [-0.39, 0.29) is 11.1 Å². The molecule has 4 rings (SSSR count). The van der Waals surface area contributed by atoms with Crippen molar-refractivity contribution in [1.82, 2.24) is 9.55 Å². The van der Waals surface area contributed by atoms with Gasteiger partial charge in [0, 0.05) is 18.8 Å². The summed E-state index contributed by atoms with van der Waals surface area (Å²) in [4.78, 5) is 29.5. The van der Waals surface area contributed by atoms with Crippen LogP contribution in [0.5, 0.6) is 0 Å². The molecular formula is C17H16ClN3O2. The third-order valence-corrected chi connectivity index (χ3v) is 4.99. The second-order valence-corrected chi connectivity index (χ2v) is 6.34. The molecule has 5 nitrogen and oxygen atoms in total. The molecule has 1 aliphatic carbocycles. The third kappa shape index (κ3) is 2.27. The van der Waals surface area contributed by atoms with Gasteiger partial charge in [-0.05, 0) is 49.4 Å². The maximum atomic E-state index is 12.9. The standard InChI is InChI=1S/C17H16ClN3O2/c18-16-12(10-22)5-6-15(19-16)21-8-7-20-13-4-2-1-3-11(13)9-14(20)17(21)23/h5-6,9-10H,1-4,7-8H2. The Morgan fingerprint density at radius 3 is 2.78 bits per heavy atom. The molecule has 0 spiro atoms. The molecule has 2 aromatic rings. The van der Waals surface area contributed by atoms with Crippen molar-refractivity contribution >= 4 is 29.6 Å². The van der Waals surface area contributed by atoms with E-state index in [4.69, 9.17) is 11.6 Å². The number of halogens is 1. The molecule has 118 valence electrons. The van der Waals surface area contributed by atoms with Crippen LogP contribution in [0, 0.1) is 0 Å². The molecular weight excluding hydrogens is 314 g/mol. The number of hydrogen-bond acceptors (Lipinski definition) is 3. The van der Waals surface area contributed by atoms with Crippen molar-refractivity contribution in [2.75, 3.05) is 11.4 Å². The molecule has 1 aliphatic heterocycles. The molecule has 0 aromatic carbocycles. The van der Waals surface area contributed by atoms with Crippen LogP contribution in [0.25, 0.3) is 0 Å². The molecule has 0 fully saturated rings. The molecule has 3 heterocycles. The number of fused-ring (bicyclic) bond motifs is 3. The van der Waals surface area contributed by atoms with Crippen molar-refractivity contribution in [1.29, 1.82) is 0 Å². The average Bonchev–Trinajstić information content (AvgIpc) is 2.95. The Labute approximate surface area is 138 Å². The summed E-state index contributed by atoms with van der Waals surface area (Å²) < 4.78 is 2.16. The molecule has 0 N–H and O–H groups in total. The quantitative estimate of drug-likeness (QED) is 0.629.